The molecule has 1 saturated heterocycles. The zero-order chi connectivity index (χ0) is 19.0. The van der Waals surface area contributed by atoms with Gasteiger partial charge in [-0.1, -0.05) is 11.6 Å². The van der Waals surface area contributed by atoms with E-state index in [1.165, 1.54) is 10.4 Å². The van der Waals surface area contributed by atoms with Gasteiger partial charge in [0, 0.05) is 25.8 Å². The van der Waals surface area contributed by atoms with Gasteiger partial charge in [-0.15, -0.1) is 0 Å². The van der Waals surface area contributed by atoms with E-state index in [2.05, 4.69) is 9.97 Å². The number of nitrogens with zero attached hydrogens (tertiary/aromatic N) is 4. The summed E-state index contributed by atoms with van der Waals surface area (Å²) < 4.78 is 45.9. The summed E-state index contributed by atoms with van der Waals surface area (Å²) in [5, 5.41) is -0.217. The van der Waals surface area contributed by atoms with Crippen LogP contribution in [-0.2, 0) is 27.7 Å². The number of halogens is 2. The van der Waals surface area contributed by atoms with Crippen molar-refractivity contribution in [3.05, 3.63) is 46.5 Å². The Morgan fingerprint density at radius 2 is 1.96 bits per heavy atom. The van der Waals surface area contributed by atoms with Gasteiger partial charge in [0.05, 0.1) is 35.4 Å². The van der Waals surface area contributed by atoms with Crippen molar-refractivity contribution in [3.63, 3.8) is 0 Å². The SMILES string of the molecule is O=S(=O)(c1ccc(F)c(Cl)c1)N1CCc2cnc(N3CCOCC3)nc2C1. The van der Waals surface area contributed by atoms with Gasteiger partial charge in [-0.05, 0) is 30.2 Å². The maximum absolute atomic E-state index is 13.4. The van der Waals surface area contributed by atoms with Crippen molar-refractivity contribution in [3.8, 4) is 0 Å². The molecule has 0 bridgehead atoms. The summed E-state index contributed by atoms with van der Waals surface area (Å²) in [7, 11) is -3.79. The number of rotatable bonds is 3. The Bertz CT molecular complexity index is 967. The quantitative estimate of drug-likeness (QED) is 0.765. The van der Waals surface area contributed by atoms with Crippen LogP contribution in [0.1, 0.15) is 11.3 Å². The summed E-state index contributed by atoms with van der Waals surface area (Å²) in [6.07, 6.45) is 2.29. The van der Waals surface area contributed by atoms with E-state index in [1.807, 2.05) is 4.90 Å². The number of benzene rings is 1. The number of aromatic nitrogens is 2. The molecule has 2 aliphatic rings. The topological polar surface area (TPSA) is 75.6 Å². The van der Waals surface area contributed by atoms with Crippen LogP contribution in [-0.4, -0.2) is 55.5 Å². The molecule has 144 valence electrons. The minimum Gasteiger partial charge on any atom is -0.378 e. The van der Waals surface area contributed by atoms with Crippen LogP contribution >= 0.6 is 11.6 Å². The van der Waals surface area contributed by atoms with Crippen molar-refractivity contribution in [2.24, 2.45) is 0 Å². The second kappa shape index (κ2) is 7.31. The lowest BCUT2D eigenvalue weighted by Crippen LogP contribution is -2.39. The van der Waals surface area contributed by atoms with Crippen molar-refractivity contribution >= 4 is 27.6 Å². The fraction of sp³-hybridized carbons (Fsp3) is 0.412. The van der Waals surface area contributed by atoms with E-state index in [4.69, 9.17) is 16.3 Å². The highest BCUT2D eigenvalue weighted by atomic mass is 35.5. The molecule has 0 amide bonds. The lowest BCUT2D eigenvalue weighted by Gasteiger charge is -2.30. The summed E-state index contributed by atoms with van der Waals surface area (Å²) in [6, 6.07) is 3.43. The molecule has 4 rings (SSSR count). The third-order valence-corrected chi connectivity index (χ3v) is 6.85. The van der Waals surface area contributed by atoms with Gasteiger partial charge < -0.3 is 9.64 Å². The Hall–Kier alpha value is -1.81. The average molecular weight is 413 g/mol. The fourth-order valence-electron chi connectivity index (χ4n) is 3.18. The maximum Gasteiger partial charge on any atom is 0.243 e. The van der Waals surface area contributed by atoms with E-state index in [-0.39, 0.29) is 16.5 Å². The Kier molecular flexibility index (Phi) is 5.02. The molecule has 0 radical (unpaired) electrons. The number of hydrogen-bond acceptors (Lipinski definition) is 6. The Labute approximate surface area is 161 Å². The molecule has 2 aliphatic heterocycles. The predicted molar refractivity (Wildman–Crippen MR) is 97.8 cm³/mol. The molecule has 0 atom stereocenters. The summed E-state index contributed by atoms with van der Waals surface area (Å²) in [4.78, 5) is 11.0. The number of hydrogen-bond donors (Lipinski definition) is 0. The third-order valence-electron chi connectivity index (χ3n) is 4.72. The number of ether oxygens (including phenoxy) is 1. The van der Waals surface area contributed by atoms with Crippen LogP contribution in [0, 0.1) is 5.82 Å². The van der Waals surface area contributed by atoms with Gasteiger partial charge in [0.15, 0.2) is 0 Å². The van der Waals surface area contributed by atoms with Crippen molar-refractivity contribution < 1.29 is 17.5 Å². The molecular formula is C17H18ClFN4O3S. The summed E-state index contributed by atoms with van der Waals surface area (Å²) >= 11 is 5.75. The van der Waals surface area contributed by atoms with Gasteiger partial charge >= 0.3 is 0 Å². The number of anilines is 1. The van der Waals surface area contributed by atoms with Gasteiger partial charge in [0.25, 0.3) is 0 Å². The maximum atomic E-state index is 13.4. The van der Waals surface area contributed by atoms with E-state index in [0.717, 1.165) is 17.7 Å². The molecule has 3 heterocycles. The molecule has 0 N–H and O–H groups in total. The molecule has 27 heavy (non-hydrogen) atoms. The summed E-state index contributed by atoms with van der Waals surface area (Å²) in [6.45, 7) is 3.10. The Morgan fingerprint density at radius 1 is 1.19 bits per heavy atom. The highest BCUT2D eigenvalue weighted by Gasteiger charge is 2.30. The smallest absolute Gasteiger partial charge is 0.243 e. The van der Waals surface area contributed by atoms with Crippen molar-refractivity contribution in [2.45, 2.75) is 17.9 Å². The van der Waals surface area contributed by atoms with Crippen LogP contribution < -0.4 is 4.90 Å². The monoisotopic (exact) mass is 412 g/mol. The van der Waals surface area contributed by atoms with Crippen LogP contribution in [0.2, 0.25) is 5.02 Å². The molecule has 1 aromatic heterocycles. The first-order valence-corrected chi connectivity index (χ1v) is 10.4. The third kappa shape index (κ3) is 3.64. The van der Waals surface area contributed by atoms with Gasteiger partial charge in [-0.2, -0.15) is 4.31 Å². The molecule has 7 nitrogen and oxygen atoms in total. The van der Waals surface area contributed by atoms with Crippen molar-refractivity contribution in [2.75, 3.05) is 37.7 Å². The second-order valence-corrected chi connectivity index (χ2v) is 8.75. The first-order valence-electron chi connectivity index (χ1n) is 8.58. The largest absolute Gasteiger partial charge is 0.378 e. The van der Waals surface area contributed by atoms with E-state index < -0.39 is 15.8 Å². The highest BCUT2D eigenvalue weighted by molar-refractivity contribution is 7.89. The number of fused-ring (bicyclic) bond motifs is 1. The van der Waals surface area contributed by atoms with E-state index >= 15 is 0 Å². The lowest BCUT2D eigenvalue weighted by molar-refractivity contribution is 0.122. The van der Waals surface area contributed by atoms with Crippen LogP contribution in [0.25, 0.3) is 0 Å². The zero-order valence-electron chi connectivity index (χ0n) is 14.4. The first kappa shape index (κ1) is 18.5. The van der Waals surface area contributed by atoms with Gasteiger partial charge in [-0.3, -0.25) is 0 Å². The van der Waals surface area contributed by atoms with E-state index in [0.29, 0.717) is 50.9 Å². The van der Waals surface area contributed by atoms with Gasteiger partial charge in [0.2, 0.25) is 16.0 Å². The van der Waals surface area contributed by atoms with Gasteiger partial charge in [-0.25, -0.2) is 22.8 Å². The lowest BCUT2D eigenvalue weighted by atomic mass is 10.1. The number of sulfonamides is 1. The molecule has 0 aliphatic carbocycles. The number of morpholine rings is 1. The summed E-state index contributed by atoms with van der Waals surface area (Å²) in [5.74, 6) is -0.0661. The minimum absolute atomic E-state index is 0.0280. The second-order valence-electron chi connectivity index (χ2n) is 6.41. The first-order chi connectivity index (χ1) is 12.9. The Balaban J connectivity index is 1.60. The summed E-state index contributed by atoms with van der Waals surface area (Å²) in [5.41, 5.74) is 1.63. The minimum atomic E-state index is -3.79. The molecule has 2 aromatic rings. The van der Waals surface area contributed by atoms with Crippen molar-refractivity contribution in [1.29, 1.82) is 0 Å². The Morgan fingerprint density at radius 3 is 2.70 bits per heavy atom. The molecule has 1 fully saturated rings. The van der Waals surface area contributed by atoms with Crippen LogP contribution in [0.15, 0.2) is 29.3 Å². The van der Waals surface area contributed by atoms with E-state index in [1.54, 1.807) is 6.20 Å². The zero-order valence-corrected chi connectivity index (χ0v) is 16.0. The van der Waals surface area contributed by atoms with Crippen LogP contribution in [0.4, 0.5) is 10.3 Å². The molecule has 0 saturated carbocycles. The molecule has 0 spiro atoms. The van der Waals surface area contributed by atoms with Gasteiger partial charge in [0.1, 0.15) is 5.82 Å². The van der Waals surface area contributed by atoms with Crippen LogP contribution in [0.3, 0.4) is 0 Å². The van der Waals surface area contributed by atoms with E-state index in [9.17, 15) is 12.8 Å². The van der Waals surface area contributed by atoms with Crippen LogP contribution in [0.5, 0.6) is 0 Å². The molecule has 10 heteroatoms. The average Bonchev–Trinajstić information content (AvgIpc) is 2.69. The highest BCUT2D eigenvalue weighted by Crippen LogP contribution is 2.27. The van der Waals surface area contributed by atoms with Crippen molar-refractivity contribution in [1.82, 2.24) is 14.3 Å². The standard InChI is InChI=1S/C17H18ClFN4O3S/c18-14-9-13(1-2-15(14)19)27(24,25)23-4-3-12-10-20-17(21-16(12)11-23)22-5-7-26-8-6-22/h1-2,9-10H,3-8,11H2. The molecule has 1 aromatic carbocycles. The predicted octanol–water partition coefficient (Wildman–Crippen LogP) is 1.85. The molecular weight excluding hydrogens is 395 g/mol. The molecule has 0 unspecified atom stereocenters. The normalized spacial score (nSPS) is 18.4. The fourth-order valence-corrected chi connectivity index (χ4v) is 4.85.